The molecule has 1 N–H and O–H groups in total. The molecule has 1 heterocycles. The highest BCUT2D eigenvalue weighted by molar-refractivity contribution is 5.89. The molecule has 0 aliphatic carbocycles. The first-order valence-corrected chi connectivity index (χ1v) is 4.89. The van der Waals surface area contributed by atoms with Gasteiger partial charge in [0.25, 0.3) is 0 Å². The minimum atomic E-state index is -0.788. The molecule has 16 heavy (non-hydrogen) atoms. The Bertz CT molecular complexity index is 376. The molecule has 1 aromatic carbocycles. The van der Waals surface area contributed by atoms with Crippen LogP contribution in [0.2, 0.25) is 0 Å². The number of aliphatic hydroxyl groups is 1. The molecule has 0 bridgehead atoms. The van der Waals surface area contributed by atoms with Crippen molar-refractivity contribution in [1.82, 2.24) is 0 Å². The van der Waals surface area contributed by atoms with Crippen LogP contribution in [0.4, 0.5) is 4.39 Å². The van der Waals surface area contributed by atoms with Gasteiger partial charge in [-0.05, 0) is 24.3 Å². The zero-order chi connectivity index (χ0) is 11.5. The van der Waals surface area contributed by atoms with Gasteiger partial charge < -0.3 is 14.6 Å². The van der Waals surface area contributed by atoms with Crippen LogP contribution in [0.5, 0.6) is 0 Å². The molecule has 1 fully saturated rings. The van der Waals surface area contributed by atoms with Gasteiger partial charge in [-0.3, -0.25) is 0 Å². The largest absolute Gasteiger partial charge is 0.453 e. The van der Waals surface area contributed by atoms with Crippen LogP contribution in [0.15, 0.2) is 24.3 Å². The molecule has 2 rings (SSSR count). The summed E-state index contributed by atoms with van der Waals surface area (Å²) in [4.78, 5) is 11.5. The third kappa shape index (κ3) is 2.37. The molecule has 1 aliphatic heterocycles. The summed E-state index contributed by atoms with van der Waals surface area (Å²) < 4.78 is 22.6. The van der Waals surface area contributed by atoms with Crippen molar-refractivity contribution in [1.29, 1.82) is 0 Å². The molecule has 1 aliphatic rings. The van der Waals surface area contributed by atoms with Crippen LogP contribution in [0, 0.1) is 5.82 Å². The SMILES string of the molecule is O=C(O[C@@H]1COC[C@@H]1O)c1ccc(F)cc1. The third-order valence-electron chi connectivity index (χ3n) is 2.34. The molecule has 2 atom stereocenters. The molecule has 86 valence electrons. The molecule has 1 aromatic rings. The van der Waals surface area contributed by atoms with Crippen LogP contribution in [0.25, 0.3) is 0 Å². The quantitative estimate of drug-likeness (QED) is 0.756. The number of halogens is 1. The summed E-state index contributed by atoms with van der Waals surface area (Å²) in [5.41, 5.74) is 0.250. The lowest BCUT2D eigenvalue weighted by atomic mass is 10.2. The fourth-order valence-corrected chi connectivity index (χ4v) is 1.43. The number of ether oxygens (including phenoxy) is 2. The number of carbonyl (C=O) groups is 1. The fraction of sp³-hybridized carbons (Fsp3) is 0.364. The van der Waals surface area contributed by atoms with Crippen molar-refractivity contribution in [2.24, 2.45) is 0 Å². The number of aliphatic hydroxyl groups excluding tert-OH is 1. The van der Waals surface area contributed by atoms with Gasteiger partial charge in [-0.1, -0.05) is 0 Å². The highest BCUT2D eigenvalue weighted by Crippen LogP contribution is 2.13. The predicted molar refractivity (Wildman–Crippen MR) is 52.4 cm³/mol. The third-order valence-corrected chi connectivity index (χ3v) is 2.34. The highest BCUT2D eigenvalue weighted by Gasteiger charge is 2.29. The molecule has 0 aromatic heterocycles. The molecule has 4 nitrogen and oxygen atoms in total. The van der Waals surface area contributed by atoms with E-state index in [0.29, 0.717) is 0 Å². The van der Waals surface area contributed by atoms with Gasteiger partial charge in [0.2, 0.25) is 0 Å². The van der Waals surface area contributed by atoms with Gasteiger partial charge in [0.15, 0.2) is 6.10 Å². The zero-order valence-electron chi connectivity index (χ0n) is 8.43. The molecular formula is C11H11FO4. The van der Waals surface area contributed by atoms with Crippen LogP contribution < -0.4 is 0 Å². The van der Waals surface area contributed by atoms with Crippen molar-refractivity contribution in [3.63, 3.8) is 0 Å². The second kappa shape index (κ2) is 4.59. The lowest BCUT2D eigenvalue weighted by Crippen LogP contribution is -2.29. The second-order valence-electron chi connectivity index (χ2n) is 3.56. The number of rotatable bonds is 2. The van der Waals surface area contributed by atoms with Crippen LogP contribution in [-0.2, 0) is 9.47 Å². The standard InChI is InChI=1S/C11H11FO4/c12-8-3-1-7(2-4-8)11(14)16-10-6-15-5-9(10)13/h1-4,9-10,13H,5-6H2/t9-,10+/m0/s1. The number of carbonyl (C=O) groups excluding carboxylic acids is 1. The van der Waals surface area contributed by atoms with E-state index < -0.39 is 24.0 Å². The molecule has 0 spiro atoms. The van der Waals surface area contributed by atoms with Crippen LogP contribution in [0.1, 0.15) is 10.4 Å². The van der Waals surface area contributed by atoms with Crippen molar-refractivity contribution < 1.29 is 23.8 Å². The molecule has 0 amide bonds. The first-order valence-electron chi connectivity index (χ1n) is 4.89. The van der Waals surface area contributed by atoms with E-state index in [-0.39, 0.29) is 18.8 Å². The lowest BCUT2D eigenvalue weighted by molar-refractivity contribution is 0.00114. The highest BCUT2D eigenvalue weighted by atomic mass is 19.1. The molecular weight excluding hydrogens is 215 g/mol. The van der Waals surface area contributed by atoms with Gasteiger partial charge in [0, 0.05) is 0 Å². The van der Waals surface area contributed by atoms with E-state index in [1.165, 1.54) is 24.3 Å². The Hall–Kier alpha value is -1.46. The summed E-state index contributed by atoms with van der Waals surface area (Å²) in [6, 6.07) is 5.02. The predicted octanol–water partition coefficient (Wildman–Crippen LogP) is 0.742. The maximum Gasteiger partial charge on any atom is 0.338 e. The Morgan fingerprint density at radius 1 is 1.38 bits per heavy atom. The molecule has 0 saturated carbocycles. The van der Waals surface area contributed by atoms with Gasteiger partial charge in [-0.15, -0.1) is 0 Å². The normalized spacial score (nSPS) is 24.4. The van der Waals surface area contributed by atoms with Crippen LogP contribution >= 0.6 is 0 Å². The van der Waals surface area contributed by atoms with Gasteiger partial charge >= 0.3 is 5.97 Å². The fourth-order valence-electron chi connectivity index (χ4n) is 1.43. The number of hydrogen-bond donors (Lipinski definition) is 1. The van der Waals surface area contributed by atoms with E-state index in [1.807, 2.05) is 0 Å². The topological polar surface area (TPSA) is 55.8 Å². The Balaban J connectivity index is 2.00. The van der Waals surface area contributed by atoms with E-state index in [9.17, 15) is 14.3 Å². The zero-order valence-corrected chi connectivity index (χ0v) is 8.43. The van der Waals surface area contributed by atoms with E-state index >= 15 is 0 Å². The van der Waals surface area contributed by atoms with E-state index in [0.717, 1.165) is 0 Å². The van der Waals surface area contributed by atoms with Crippen molar-refractivity contribution in [3.05, 3.63) is 35.6 Å². The lowest BCUT2D eigenvalue weighted by Gasteiger charge is -2.13. The van der Waals surface area contributed by atoms with E-state index in [2.05, 4.69) is 0 Å². The van der Waals surface area contributed by atoms with Crippen LogP contribution in [0.3, 0.4) is 0 Å². The molecule has 1 saturated heterocycles. The van der Waals surface area contributed by atoms with Crippen molar-refractivity contribution >= 4 is 5.97 Å². The first kappa shape index (κ1) is 11.0. The summed E-state index contributed by atoms with van der Waals surface area (Å²) >= 11 is 0. The van der Waals surface area contributed by atoms with Gasteiger partial charge in [-0.2, -0.15) is 0 Å². The monoisotopic (exact) mass is 226 g/mol. The Kier molecular flexibility index (Phi) is 3.17. The molecule has 0 unspecified atom stereocenters. The molecule has 0 radical (unpaired) electrons. The van der Waals surface area contributed by atoms with Crippen molar-refractivity contribution in [3.8, 4) is 0 Å². The Morgan fingerprint density at radius 3 is 2.62 bits per heavy atom. The minimum Gasteiger partial charge on any atom is -0.453 e. The number of esters is 1. The minimum absolute atomic E-state index is 0.168. The Labute approximate surface area is 91.6 Å². The summed E-state index contributed by atoms with van der Waals surface area (Å²) in [6.45, 7) is 0.357. The van der Waals surface area contributed by atoms with Gasteiger partial charge in [-0.25, -0.2) is 9.18 Å². The van der Waals surface area contributed by atoms with E-state index in [4.69, 9.17) is 9.47 Å². The number of benzene rings is 1. The summed E-state index contributed by atoms with van der Waals surface area (Å²) in [5, 5.41) is 9.37. The van der Waals surface area contributed by atoms with Gasteiger partial charge in [0.1, 0.15) is 11.9 Å². The maximum atomic E-state index is 12.6. The molecule has 5 heteroatoms. The summed E-state index contributed by atoms with van der Waals surface area (Å²) in [6.07, 6.45) is -1.43. The maximum absolute atomic E-state index is 12.6. The smallest absolute Gasteiger partial charge is 0.338 e. The number of hydrogen-bond acceptors (Lipinski definition) is 4. The Morgan fingerprint density at radius 2 is 2.06 bits per heavy atom. The van der Waals surface area contributed by atoms with Crippen molar-refractivity contribution in [2.75, 3.05) is 13.2 Å². The summed E-state index contributed by atoms with van der Waals surface area (Å²) in [7, 11) is 0. The van der Waals surface area contributed by atoms with Gasteiger partial charge in [0.05, 0.1) is 18.8 Å². The summed E-state index contributed by atoms with van der Waals surface area (Å²) in [5.74, 6) is -1.00. The first-order chi connectivity index (χ1) is 7.66. The average Bonchev–Trinajstić information content (AvgIpc) is 2.65. The average molecular weight is 226 g/mol. The second-order valence-corrected chi connectivity index (χ2v) is 3.56. The van der Waals surface area contributed by atoms with Crippen LogP contribution in [-0.4, -0.2) is 36.5 Å². The van der Waals surface area contributed by atoms with Crippen molar-refractivity contribution in [2.45, 2.75) is 12.2 Å². The van der Waals surface area contributed by atoms with E-state index in [1.54, 1.807) is 0 Å².